The Labute approximate surface area is 112 Å². The van der Waals surface area contributed by atoms with Gasteiger partial charge in [-0.25, -0.2) is 4.79 Å². The molecule has 4 nitrogen and oxygen atoms in total. The van der Waals surface area contributed by atoms with Crippen molar-refractivity contribution in [3.8, 4) is 0 Å². The Morgan fingerprint density at radius 1 is 1.22 bits per heavy atom. The van der Waals surface area contributed by atoms with Crippen molar-refractivity contribution in [2.45, 2.75) is 0 Å². The summed E-state index contributed by atoms with van der Waals surface area (Å²) in [4.78, 5) is 23.2. The topological polar surface area (TPSA) is 69.4 Å². The van der Waals surface area contributed by atoms with Crippen LogP contribution < -0.4 is 5.73 Å². The van der Waals surface area contributed by atoms with Gasteiger partial charge in [0, 0.05) is 4.47 Å². The van der Waals surface area contributed by atoms with Gasteiger partial charge in [-0.3, -0.25) is 4.79 Å². The van der Waals surface area contributed by atoms with Crippen molar-refractivity contribution in [3.05, 3.63) is 45.9 Å². The minimum absolute atomic E-state index is 0.180. The summed E-state index contributed by atoms with van der Waals surface area (Å²) < 4.78 is 5.53. The zero-order chi connectivity index (χ0) is 13.3. The van der Waals surface area contributed by atoms with Gasteiger partial charge in [-0.15, -0.1) is 0 Å². The van der Waals surface area contributed by atoms with Crippen LogP contribution in [0.3, 0.4) is 0 Å². The van der Waals surface area contributed by atoms with E-state index in [0.717, 1.165) is 9.86 Å². The summed E-state index contributed by atoms with van der Waals surface area (Å²) >= 11 is 3.35. The van der Waals surface area contributed by atoms with Crippen LogP contribution in [0.25, 0.3) is 10.8 Å². The Morgan fingerprint density at radius 2 is 1.94 bits per heavy atom. The highest BCUT2D eigenvalue weighted by Gasteiger charge is 2.18. The lowest BCUT2D eigenvalue weighted by atomic mass is 9.98. The van der Waals surface area contributed by atoms with Crippen LogP contribution in [0.1, 0.15) is 20.7 Å². The first-order chi connectivity index (χ1) is 8.54. The van der Waals surface area contributed by atoms with E-state index in [1.165, 1.54) is 7.11 Å². The molecule has 0 unspecified atom stereocenters. The van der Waals surface area contributed by atoms with Crippen LogP contribution in [0.4, 0.5) is 0 Å². The molecule has 0 radical (unpaired) electrons. The van der Waals surface area contributed by atoms with E-state index in [1.807, 2.05) is 6.07 Å². The number of fused-ring (bicyclic) bond motifs is 1. The molecule has 18 heavy (non-hydrogen) atoms. The van der Waals surface area contributed by atoms with Gasteiger partial charge >= 0.3 is 5.97 Å². The molecule has 0 saturated heterocycles. The van der Waals surface area contributed by atoms with Crippen LogP contribution in [-0.2, 0) is 4.74 Å². The molecular weight excluding hydrogens is 298 g/mol. The lowest BCUT2D eigenvalue weighted by Gasteiger charge is -2.09. The highest BCUT2D eigenvalue weighted by molar-refractivity contribution is 9.10. The molecule has 2 aromatic carbocycles. The molecule has 2 N–H and O–H groups in total. The zero-order valence-corrected chi connectivity index (χ0v) is 11.2. The van der Waals surface area contributed by atoms with Crippen molar-refractivity contribution in [3.63, 3.8) is 0 Å². The normalized spacial score (nSPS) is 10.3. The molecular formula is C13H10BrNO3. The molecule has 2 rings (SSSR count). The average Bonchev–Trinajstić information content (AvgIpc) is 2.35. The van der Waals surface area contributed by atoms with Crippen molar-refractivity contribution in [1.29, 1.82) is 0 Å². The fraction of sp³-hybridized carbons (Fsp3) is 0.0769. The van der Waals surface area contributed by atoms with Crippen LogP contribution in [0.5, 0.6) is 0 Å². The molecule has 92 valence electrons. The summed E-state index contributed by atoms with van der Waals surface area (Å²) in [6.07, 6.45) is 0. The monoisotopic (exact) mass is 307 g/mol. The maximum atomic E-state index is 11.6. The quantitative estimate of drug-likeness (QED) is 0.867. The van der Waals surface area contributed by atoms with Crippen molar-refractivity contribution in [1.82, 2.24) is 0 Å². The largest absolute Gasteiger partial charge is 0.465 e. The first-order valence-corrected chi connectivity index (χ1v) is 5.94. The van der Waals surface area contributed by atoms with Crippen molar-refractivity contribution in [2.24, 2.45) is 5.73 Å². The number of amides is 1. The number of esters is 1. The first kappa shape index (κ1) is 12.6. The van der Waals surface area contributed by atoms with E-state index in [0.29, 0.717) is 5.39 Å². The van der Waals surface area contributed by atoms with Gasteiger partial charge < -0.3 is 10.5 Å². The molecule has 0 aliphatic rings. The minimum Gasteiger partial charge on any atom is -0.465 e. The van der Waals surface area contributed by atoms with E-state index in [1.54, 1.807) is 24.3 Å². The molecule has 2 aromatic rings. The number of hydrogen-bond acceptors (Lipinski definition) is 3. The third-order valence-corrected chi connectivity index (χ3v) is 3.13. The van der Waals surface area contributed by atoms with Crippen molar-refractivity contribution >= 4 is 38.6 Å². The van der Waals surface area contributed by atoms with Gasteiger partial charge in [0.25, 0.3) is 0 Å². The van der Waals surface area contributed by atoms with E-state index in [2.05, 4.69) is 20.7 Å². The van der Waals surface area contributed by atoms with Gasteiger partial charge in [0.15, 0.2) is 0 Å². The number of hydrogen-bond donors (Lipinski definition) is 1. The summed E-state index contributed by atoms with van der Waals surface area (Å²) in [6.45, 7) is 0. The molecule has 1 amide bonds. The minimum atomic E-state index is -0.650. The molecule has 0 aliphatic carbocycles. The van der Waals surface area contributed by atoms with Gasteiger partial charge in [-0.1, -0.05) is 28.1 Å². The lowest BCUT2D eigenvalue weighted by Crippen LogP contribution is -2.17. The number of rotatable bonds is 2. The molecule has 0 fully saturated rings. The Kier molecular flexibility index (Phi) is 3.34. The van der Waals surface area contributed by atoms with Gasteiger partial charge in [-0.05, 0) is 29.0 Å². The summed E-state index contributed by atoms with van der Waals surface area (Å²) in [5.74, 6) is -1.23. The first-order valence-electron chi connectivity index (χ1n) is 5.15. The molecule has 0 aromatic heterocycles. The van der Waals surface area contributed by atoms with Crippen LogP contribution >= 0.6 is 15.9 Å². The van der Waals surface area contributed by atoms with E-state index < -0.39 is 11.9 Å². The molecule has 0 aliphatic heterocycles. The highest BCUT2D eigenvalue weighted by Crippen LogP contribution is 2.26. The van der Waals surface area contributed by atoms with Crippen LogP contribution in [0.2, 0.25) is 0 Å². The van der Waals surface area contributed by atoms with E-state index in [-0.39, 0.29) is 11.1 Å². The van der Waals surface area contributed by atoms with Gasteiger partial charge in [0.1, 0.15) is 0 Å². The van der Waals surface area contributed by atoms with Crippen LogP contribution in [-0.4, -0.2) is 19.0 Å². The average molecular weight is 308 g/mol. The Hall–Kier alpha value is -1.88. The Morgan fingerprint density at radius 3 is 2.56 bits per heavy atom. The molecule has 5 heteroatoms. The molecule has 0 atom stereocenters. The summed E-state index contributed by atoms with van der Waals surface area (Å²) in [5.41, 5.74) is 5.72. The maximum Gasteiger partial charge on any atom is 0.338 e. The fourth-order valence-corrected chi connectivity index (χ4v) is 2.22. The molecule has 0 saturated carbocycles. The van der Waals surface area contributed by atoms with Crippen molar-refractivity contribution < 1.29 is 14.3 Å². The standard InChI is InChI=1S/C13H10BrNO3/c1-18-13(17)10-4-2-7-6-8(14)3-5-9(7)11(10)12(15)16/h2-6H,1H3,(H2,15,16). The second kappa shape index (κ2) is 4.78. The zero-order valence-electron chi connectivity index (χ0n) is 9.57. The number of nitrogens with two attached hydrogens (primary N) is 1. The predicted molar refractivity (Wildman–Crippen MR) is 71.5 cm³/mol. The smallest absolute Gasteiger partial charge is 0.338 e. The third-order valence-electron chi connectivity index (χ3n) is 2.63. The van der Waals surface area contributed by atoms with Crippen LogP contribution in [0, 0.1) is 0 Å². The maximum absolute atomic E-state index is 11.6. The number of halogens is 1. The SMILES string of the molecule is COC(=O)c1ccc2cc(Br)ccc2c1C(N)=O. The summed E-state index contributed by atoms with van der Waals surface area (Å²) in [6, 6.07) is 8.67. The van der Waals surface area contributed by atoms with E-state index in [9.17, 15) is 9.59 Å². The fourth-order valence-electron chi connectivity index (χ4n) is 1.85. The third kappa shape index (κ3) is 2.09. The molecule has 0 spiro atoms. The number of carbonyl (C=O) groups excluding carboxylic acids is 2. The lowest BCUT2D eigenvalue weighted by molar-refractivity contribution is 0.0597. The predicted octanol–water partition coefficient (Wildman–Crippen LogP) is 2.49. The Bertz CT molecular complexity index is 652. The summed E-state index contributed by atoms with van der Waals surface area (Å²) in [7, 11) is 1.26. The number of benzene rings is 2. The van der Waals surface area contributed by atoms with E-state index >= 15 is 0 Å². The van der Waals surface area contributed by atoms with E-state index in [4.69, 9.17) is 5.73 Å². The second-order valence-corrected chi connectivity index (χ2v) is 4.63. The number of methoxy groups -OCH3 is 1. The van der Waals surface area contributed by atoms with Gasteiger partial charge in [0.05, 0.1) is 18.2 Å². The second-order valence-electron chi connectivity index (χ2n) is 3.71. The van der Waals surface area contributed by atoms with Gasteiger partial charge in [-0.2, -0.15) is 0 Å². The molecule has 0 heterocycles. The molecule has 0 bridgehead atoms. The van der Waals surface area contributed by atoms with Crippen molar-refractivity contribution in [2.75, 3.05) is 7.11 Å². The number of carbonyl (C=O) groups is 2. The number of primary amides is 1. The summed E-state index contributed by atoms with van der Waals surface area (Å²) in [5, 5.41) is 1.46. The Balaban J connectivity index is 2.82. The van der Waals surface area contributed by atoms with Crippen LogP contribution in [0.15, 0.2) is 34.8 Å². The number of ether oxygens (including phenoxy) is 1. The highest BCUT2D eigenvalue weighted by atomic mass is 79.9. The van der Waals surface area contributed by atoms with Gasteiger partial charge in [0.2, 0.25) is 5.91 Å².